The Morgan fingerprint density at radius 3 is 2.82 bits per heavy atom. The molecular weight excluding hydrogens is 246 g/mol. The minimum Gasteiger partial charge on any atom is -0.465 e. The van der Waals surface area contributed by atoms with E-state index in [2.05, 4.69) is 9.97 Å². The summed E-state index contributed by atoms with van der Waals surface area (Å²) >= 11 is 5.71. The van der Waals surface area contributed by atoms with E-state index in [-0.39, 0.29) is 12.1 Å². The van der Waals surface area contributed by atoms with Gasteiger partial charge in [-0.25, -0.2) is 9.78 Å². The quantitative estimate of drug-likeness (QED) is 0.816. The van der Waals surface area contributed by atoms with Crippen molar-refractivity contribution in [1.82, 2.24) is 14.9 Å². The Hall–Kier alpha value is -1.56. The third-order valence-corrected chi connectivity index (χ3v) is 2.79. The second-order valence-electron chi connectivity index (χ2n) is 3.75. The lowest BCUT2D eigenvalue weighted by atomic mass is 10.1. The maximum absolute atomic E-state index is 10.7. The fourth-order valence-corrected chi connectivity index (χ4v) is 1.82. The van der Waals surface area contributed by atoms with Crippen LogP contribution in [0.3, 0.4) is 0 Å². The van der Waals surface area contributed by atoms with Crippen molar-refractivity contribution in [3.8, 4) is 6.01 Å². The molecule has 2 rings (SSSR count). The van der Waals surface area contributed by atoms with Gasteiger partial charge < -0.3 is 14.7 Å². The molecule has 0 saturated carbocycles. The third-order valence-electron chi connectivity index (χ3n) is 2.58. The van der Waals surface area contributed by atoms with E-state index >= 15 is 0 Å². The van der Waals surface area contributed by atoms with E-state index in [0.717, 1.165) is 0 Å². The van der Waals surface area contributed by atoms with Gasteiger partial charge in [-0.2, -0.15) is 4.98 Å². The lowest BCUT2D eigenvalue weighted by Gasteiger charge is -2.29. The molecule has 1 aliphatic rings. The summed E-state index contributed by atoms with van der Waals surface area (Å²) in [6.45, 7) is 0.946. The molecule has 1 amide bonds. The Balaban J connectivity index is 1.88. The Bertz CT molecular complexity index is 408. The van der Waals surface area contributed by atoms with Crippen LogP contribution in [0.2, 0.25) is 5.15 Å². The highest BCUT2D eigenvalue weighted by molar-refractivity contribution is 6.29. The van der Waals surface area contributed by atoms with Gasteiger partial charge in [0.25, 0.3) is 0 Å². The van der Waals surface area contributed by atoms with Crippen molar-refractivity contribution in [3.05, 3.63) is 17.4 Å². The number of halogens is 1. The Labute approximate surface area is 103 Å². The normalized spacial score (nSPS) is 16.9. The van der Waals surface area contributed by atoms with Gasteiger partial charge >= 0.3 is 12.1 Å². The van der Waals surface area contributed by atoms with E-state index in [1.165, 1.54) is 11.1 Å². The average Bonchev–Trinajstić information content (AvgIpc) is 2.29. The largest absolute Gasteiger partial charge is 0.465 e. The maximum Gasteiger partial charge on any atom is 0.407 e. The zero-order valence-corrected chi connectivity index (χ0v) is 9.80. The van der Waals surface area contributed by atoms with E-state index in [4.69, 9.17) is 21.4 Å². The molecular formula is C10H12ClN3O3. The standard InChI is InChI=1S/C10H12ClN3O3/c11-8-1-4-12-9(13-8)17-7-2-5-14(6-3-7)10(15)16/h1,4,7H,2-3,5-6H2,(H,15,16). The van der Waals surface area contributed by atoms with Crippen LogP contribution in [-0.2, 0) is 0 Å². The molecule has 1 aromatic heterocycles. The molecule has 0 radical (unpaired) electrons. The molecule has 0 unspecified atom stereocenters. The van der Waals surface area contributed by atoms with Crippen molar-refractivity contribution < 1.29 is 14.6 Å². The van der Waals surface area contributed by atoms with Crippen LogP contribution in [0.25, 0.3) is 0 Å². The van der Waals surface area contributed by atoms with E-state index in [9.17, 15) is 4.79 Å². The summed E-state index contributed by atoms with van der Waals surface area (Å²) in [7, 11) is 0. The van der Waals surface area contributed by atoms with E-state index < -0.39 is 6.09 Å². The zero-order chi connectivity index (χ0) is 12.3. The predicted molar refractivity (Wildman–Crippen MR) is 60.3 cm³/mol. The maximum atomic E-state index is 10.7. The minimum atomic E-state index is -0.887. The van der Waals surface area contributed by atoms with E-state index in [0.29, 0.717) is 31.1 Å². The molecule has 0 aromatic carbocycles. The first-order chi connectivity index (χ1) is 8.15. The molecule has 1 fully saturated rings. The van der Waals surface area contributed by atoms with Crippen molar-refractivity contribution in [1.29, 1.82) is 0 Å². The molecule has 2 heterocycles. The van der Waals surface area contributed by atoms with Gasteiger partial charge in [-0.3, -0.25) is 0 Å². The summed E-state index contributed by atoms with van der Waals surface area (Å²) in [4.78, 5) is 19.9. The number of ether oxygens (including phenoxy) is 1. The van der Waals surface area contributed by atoms with Crippen LogP contribution in [0.5, 0.6) is 6.01 Å². The summed E-state index contributed by atoms with van der Waals surface area (Å²) < 4.78 is 5.54. The second kappa shape index (κ2) is 5.18. The number of piperidine rings is 1. The van der Waals surface area contributed by atoms with Crippen LogP contribution in [0.1, 0.15) is 12.8 Å². The van der Waals surface area contributed by atoms with Crippen LogP contribution in [0.15, 0.2) is 12.3 Å². The van der Waals surface area contributed by atoms with Crippen molar-refractivity contribution in [2.75, 3.05) is 13.1 Å². The SMILES string of the molecule is O=C(O)N1CCC(Oc2nccc(Cl)n2)CC1. The molecule has 7 heteroatoms. The van der Waals surface area contributed by atoms with Crippen LogP contribution >= 0.6 is 11.6 Å². The van der Waals surface area contributed by atoms with Crippen molar-refractivity contribution >= 4 is 17.7 Å². The Morgan fingerprint density at radius 1 is 1.53 bits per heavy atom. The number of rotatable bonds is 2. The first-order valence-corrected chi connectivity index (χ1v) is 5.66. The topological polar surface area (TPSA) is 75.5 Å². The summed E-state index contributed by atoms with van der Waals surface area (Å²) in [6.07, 6.45) is 1.87. The van der Waals surface area contributed by atoms with Crippen molar-refractivity contribution in [2.45, 2.75) is 18.9 Å². The first-order valence-electron chi connectivity index (χ1n) is 5.28. The number of hydrogen-bond donors (Lipinski definition) is 1. The van der Waals surface area contributed by atoms with Crippen LogP contribution < -0.4 is 4.74 Å². The van der Waals surface area contributed by atoms with E-state index in [1.807, 2.05) is 0 Å². The zero-order valence-electron chi connectivity index (χ0n) is 9.04. The van der Waals surface area contributed by atoms with Gasteiger partial charge in [-0.05, 0) is 6.07 Å². The van der Waals surface area contributed by atoms with Gasteiger partial charge in [-0.1, -0.05) is 11.6 Å². The third kappa shape index (κ3) is 3.20. The lowest BCUT2D eigenvalue weighted by molar-refractivity contribution is 0.0844. The molecule has 6 nitrogen and oxygen atoms in total. The number of hydrogen-bond acceptors (Lipinski definition) is 4. The lowest BCUT2D eigenvalue weighted by Crippen LogP contribution is -2.41. The summed E-state index contributed by atoms with van der Waals surface area (Å²) in [6, 6.07) is 1.81. The molecule has 92 valence electrons. The van der Waals surface area contributed by atoms with Crippen molar-refractivity contribution in [3.63, 3.8) is 0 Å². The first kappa shape index (κ1) is 11.9. The summed E-state index contributed by atoms with van der Waals surface area (Å²) in [5, 5.41) is 9.13. The second-order valence-corrected chi connectivity index (χ2v) is 4.14. The van der Waals surface area contributed by atoms with Gasteiger partial charge in [0.05, 0.1) is 0 Å². The number of aromatic nitrogens is 2. The highest BCUT2D eigenvalue weighted by Gasteiger charge is 2.23. The highest BCUT2D eigenvalue weighted by Crippen LogP contribution is 2.16. The van der Waals surface area contributed by atoms with Gasteiger partial charge in [0.1, 0.15) is 11.3 Å². The van der Waals surface area contributed by atoms with Crippen LogP contribution in [0, 0.1) is 0 Å². The van der Waals surface area contributed by atoms with Gasteiger partial charge in [0, 0.05) is 32.1 Å². The van der Waals surface area contributed by atoms with Gasteiger partial charge in [0.15, 0.2) is 0 Å². The van der Waals surface area contributed by atoms with Crippen LogP contribution in [-0.4, -0.2) is 45.3 Å². The fraction of sp³-hybridized carbons (Fsp3) is 0.500. The van der Waals surface area contributed by atoms with Gasteiger partial charge in [-0.15, -0.1) is 0 Å². The predicted octanol–water partition coefficient (Wildman–Crippen LogP) is 1.65. The minimum absolute atomic E-state index is 0.0518. The van der Waals surface area contributed by atoms with E-state index in [1.54, 1.807) is 6.07 Å². The number of carboxylic acid groups (broad SMARTS) is 1. The Morgan fingerprint density at radius 2 is 2.24 bits per heavy atom. The number of carbonyl (C=O) groups is 1. The number of likely N-dealkylation sites (tertiary alicyclic amines) is 1. The van der Waals surface area contributed by atoms with Crippen LogP contribution in [0.4, 0.5) is 4.79 Å². The molecule has 0 bridgehead atoms. The van der Waals surface area contributed by atoms with Gasteiger partial charge in [0.2, 0.25) is 0 Å². The summed E-state index contributed by atoms with van der Waals surface area (Å²) in [5.41, 5.74) is 0. The molecule has 17 heavy (non-hydrogen) atoms. The molecule has 1 N–H and O–H groups in total. The molecule has 0 atom stereocenters. The Kier molecular flexibility index (Phi) is 3.63. The number of amides is 1. The smallest absolute Gasteiger partial charge is 0.407 e. The molecule has 0 spiro atoms. The fourth-order valence-electron chi connectivity index (χ4n) is 1.69. The summed E-state index contributed by atoms with van der Waals surface area (Å²) in [5.74, 6) is 0. The number of nitrogens with zero attached hydrogens (tertiary/aromatic N) is 3. The van der Waals surface area contributed by atoms with Crippen molar-refractivity contribution in [2.24, 2.45) is 0 Å². The average molecular weight is 258 g/mol. The molecule has 0 aliphatic carbocycles. The molecule has 1 aliphatic heterocycles. The monoisotopic (exact) mass is 257 g/mol. The molecule has 1 aromatic rings. The molecule has 1 saturated heterocycles. The highest BCUT2D eigenvalue weighted by atomic mass is 35.5.